The first-order chi connectivity index (χ1) is 21.7. The Labute approximate surface area is 278 Å². The Morgan fingerprint density at radius 3 is 2.06 bits per heavy atom. The molecule has 5 rings (SSSR count). The first kappa shape index (κ1) is 34.9. The number of hydrogen-bond acceptors (Lipinski definition) is 7. The molecule has 6 atom stereocenters. The van der Waals surface area contributed by atoms with Crippen LogP contribution in [0.2, 0.25) is 0 Å². The molecule has 0 aliphatic heterocycles. The third-order valence-electron chi connectivity index (χ3n) is 12.0. The molecule has 0 bridgehead atoms. The van der Waals surface area contributed by atoms with Crippen LogP contribution in [0, 0.1) is 55.3 Å². The molecule has 7 heteroatoms. The second kappa shape index (κ2) is 11.6. The van der Waals surface area contributed by atoms with Crippen molar-refractivity contribution >= 4 is 28.9 Å². The van der Waals surface area contributed by atoms with E-state index in [1.54, 1.807) is 20.8 Å². The molecule has 2 aromatic carbocycles. The molecule has 0 spiro atoms. The van der Waals surface area contributed by atoms with E-state index in [9.17, 15) is 34.2 Å². The second-order valence-corrected chi connectivity index (χ2v) is 16.0. The lowest BCUT2D eigenvalue weighted by Crippen LogP contribution is -2.76. The molecule has 3 aliphatic rings. The minimum absolute atomic E-state index is 0.0165. The molecule has 0 amide bonds. The summed E-state index contributed by atoms with van der Waals surface area (Å²) in [4.78, 5) is 69.5. The van der Waals surface area contributed by atoms with Gasteiger partial charge in [0.25, 0.3) is 0 Å². The first-order valence-electron chi connectivity index (χ1n) is 17.1. The van der Waals surface area contributed by atoms with Crippen molar-refractivity contribution in [3.63, 3.8) is 0 Å². The molecule has 3 aliphatic carbocycles. The Bertz CT molecular complexity index is 1710. The predicted octanol–water partition coefficient (Wildman–Crippen LogP) is 6.32. The number of ketones is 5. The highest BCUT2D eigenvalue weighted by molar-refractivity contribution is 6.32. The van der Waals surface area contributed by atoms with Gasteiger partial charge in [-0.15, -0.1) is 0 Å². The number of carbonyl (C=O) groups is 5. The van der Waals surface area contributed by atoms with Crippen molar-refractivity contribution in [1.82, 2.24) is 0 Å². The monoisotopic (exact) mass is 642 g/mol. The van der Waals surface area contributed by atoms with Crippen molar-refractivity contribution in [2.24, 2.45) is 34.5 Å². The van der Waals surface area contributed by atoms with E-state index in [1.165, 1.54) is 22.3 Å². The molecular weight excluding hydrogens is 592 g/mol. The zero-order valence-electron chi connectivity index (χ0n) is 29.6. The average Bonchev–Trinajstić information content (AvgIpc) is 2.94. The van der Waals surface area contributed by atoms with Gasteiger partial charge in [0.1, 0.15) is 17.5 Å². The standard InChI is InChI=1S/C40H50O7/c1-19(2)27-16-26(13-11-12-25-14-21(5)23(7)22(6)15-25)33(42)30-28(27)17-38(9)18-39(10)31(20(3)4)34(43)29(24(8)41)36(45)40(39,47)37(46)32(38)35(30)44/h14-16,19-20,29,31-32,42,47H,11-13,17-18H2,1-10H3/t29?,31?,32?,38-,39-,40+/m1/s1. The van der Waals surface area contributed by atoms with Gasteiger partial charge < -0.3 is 10.2 Å². The molecule has 47 heavy (non-hydrogen) atoms. The van der Waals surface area contributed by atoms with Gasteiger partial charge in [-0.25, -0.2) is 0 Å². The Morgan fingerprint density at radius 1 is 0.936 bits per heavy atom. The van der Waals surface area contributed by atoms with Crippen molar-refractivity contribution in [2.45, 2.75) is 113 Å². The van der Waals surface area contributed by atoms with Crippen LogP contribution in [0.25, 0.3) is 0 Å². The largest absolute Gasteiger partial charge is 0.507 e. The lowest BCUT2D eigenvalue weighted by Gasteiger charge is -2.62. The zero-order chi connectivity index (χ0) is 35.1. The molecule has 3 unspecified atom stereocenters. The smallest absolute Gasteiger partial charge is 0.190 e. The normalized spacial score (nSPS) is 30.4. The predicted molar refractivity (Wildman–Crippen MR) is 180 cm³/mol. The third-order valence-corrected chi connectivity index (χ3v) is 12.0. The van der Waals surface area contributed by atoms with E-state index < -0.39 is 63.1 Å². The number of benzene rings is 2. The van der Waals surface area contributed by atoms with Gasteiger partial charge in [-0.05, 0) is 116 Å². The molecule has 0 heterocycles. The number of aryl methyl sites for hydroxylation is 4. The minimum Gasteiger partial charge on any atom is -0.507 e. The molecule has 252 valence electrons. The number of aliphatic hydroxyl groups is 1. The highest BCUT2D eigenvalue weighted by Gasteiger charge is 2.76. The van der Waals surface area contributed by atoms with E-state index in [1.807, 2.05) is 26.8 Å². The average molecular weight is 643 g/mol. The fourth-order valence-corrected chi connectivity index (χ4v) is 9.75. The van der Waals surface area contributed by atoms with E-state index in [4.69, 9.17) is 0 Å². The number of rotatable bonds is 7. The molecule has 0 aromatic heterocycles. The van der Waals surface area contributed by atoms with Gasteiger partial charge in [-0.1, -0.05) is 59.7 Å². The summed E-state index contributed by atoms with van der Waals surface area (Å²) in [5.41, 5.74) is 2.05. The molecule has 0 radical (unpaired) electrons. The van der Waals surface area contributed by atoms with Gasteiger partial charge in [0.2, 0.25) is 0 Å². The molecule has 0 saturated heterocycles. The van der Waals surface area contributed by atoms with Crippen molar-refractivity contribution < 1.29 is 34.2 Å². The lowest BCUT2D eigenvalue weighted by atomic mass is 9.39. The fourth-order valence-electron chi connectivity index (χ4n) is 9.75. The van der Waals surface area contributed by atoms with Crippen LogP contribution >= 0.6 is 0 Å². The summed E-state index contributed by atoms with van der Waals surface area (Å²) in [6, 6.07) is 6.37. The minimum atomic E-state index is -2.69. The van der Waals surface area contributed by atoms with Crippen LogP contribution in [-0.4, -0.2) is 44.7 Å². The van der Waals surface area contributed by atoms with Crippen LogP contribution in [0.5, 0.6) is 5.75 Å². The number of fused-ring (bicyclic) bond motifs is 3. The van der Waals surface area contributed by atoms with Crippen molar-refractivity contribution in [3.8, 4) is 5.75 Å². The number of aromatic hydroxyl groups is 1. The van der Waals surface area contributed by atoms with Crippen molar-refractivity contribution in [1.29, 1.82) is 0 Å². The van der Waals surface area contributed by atoms with Crippen LogP contribution in [0.3, 0.4) is 0 Å². The summed E-state index contributed by atoms with van der Waals surface area (Å²) in [5.74, 6) is -8.59. The number of hydrogen-bond donors (Lipinski definition) is 2. The second-order valence-electron chi connectivity index (χ2n) is 16.0. The zero-order valence-corrected chi connectivity index (χ0v) is 29.6. The summed E-state index contributed by atoms with van der Waals surface area (Å²) in [6.45, 7) is 18.5. The Morgan fingerprint density at radius 2 is 1.53 bits per heavy atom. The molecule has 7 nitrogen and oxygen atoms in total. The third kappa shape index (κ3) is 4.98. The maximum Gasteiger partial charge on any atom is 0.190 e. The Kier molecular flexibility index (Phi) is 8.61. The maximum absolute atomic E-state index is 14.6. The quantitative estimate of drug-likeness (QED) is 0.339. The van der Waals surface area contributed by atoms with Crippen LogP contribution in [0.15, 0.2) is 18.2 Å². The molecule has 2 saturated carbocycles. The highest BCUT2D eigenvalue weighted by Crippen LogP contribution is 2.64. The van der Waals surface area contributed by atoms with E-state index in [2.05, 4.69) is 32.9 Å². The summed E-state index contributed by atoms with van der Waals surface area (Å²) in [5, 5.41) is 24.0. The van der Waals surface area contributed by atoms with Gasteiger partial charge in [0, 0.05) is 11.3 Å². The summed E-state index contributed by atoms with van der Waals surface area (Å²) in [7, 11) is 0. The first-order valence-corrected chi connectivity index (χ1v) is 17.1. The highest BCUT2D eigenvalue weighted by atomic mass is 16.3. The topological polar surface area (TPSA) is 126 Å². The van der Waals surface area contributed by atoms with Gasteiger partial charge in [0.15, 0.2) is 28.7 Å². The van der Waals surface area contributed by atoms with Crippen molar-refractivity contribution in [2.75, 3.05) is 0 Å². The SMILES string of the molecule is CC(=O)C1C(=O)C(C(C)C)[C@@]2(C)C[C@@]3(C)Cc4c(C(C)C)cc(CCCc5cc(C)c(C)c(C)c5)c(O)c4C(=O)C3C(=O)[C@@]2(O)C1=O. The summed E-state index contributed by atoms with van der Waals surface area (Å²) >= 11 is 0. The molecular formula is C40H50O7. The molecule has 2 N–H and O–H groups in total. The lowest BCUT2D eigenvalue weighted by molar-refractivity contribution is -0.205. The fraction of sp³-hybridized carbons (Fsp3) is 0.575. The van der Waals surface area contributed by atoms with Crippen LogP contribution in [0.4, 0.5) is 0 Å². The van der Waals surface area contributed by atoms with E-state index >= 15 is 0 Å². The van der Waals surface area contributed by atoms with E-state index in [0.29, 0.717) is 17.5 Å². The Hall–Kier alpha value is -3.45. The van der Waals surface area contributed by atoms with Crippen molar-refractivity contribution in [3.05, 3.63) is 62.7 Å². The Balaban J connectivity index is 1.60. The van der Waals surface area contributed by atoms with Gasteiger partial charge in [-0.3, -0.25) is 24.0 Å². The number of phenolic OH excluding ortho intramolecular Hbond substituents is 1. The van der Waals surface area contributed by atoms with E-state index in [0.717, 1.165) is 25.3 Å². The summed E-state index contributed by atoms with van der Waals surface area (Å²) in [6.07, 6.45) is 2.38. The van der Waals surface area contributed by atoms with Gasteiger partial charge >= 0.3 is 0 Å². The molecule has 2 fully saturated rings. The number of Topliss-reactive ketones (excluding diaryl/α,β-unsaturated/α-hetero) is 5. The van der Waals surface area contributed by atoms with Gasteiger partial charge in [0.05, 0.1) is 11.5 Å². The van der Waals surface area contributed by atoms with Gasteiger partial charge in [-0.2, -0.15) is 0 Å². The maximum atomic E-state index is 14.6. The van der Waals surface area contributed by atoms with Crippen LogP contribution in [-0.2, 0) is 38.4 Å². The summed E-state index contributed by atoms with van der Waals surface area (Å²) < 4.78 is 0. The molecule has 2 aromatic rings. The van der Waals surface area contributed by atoms with Crippen LogP contribution in [0.1, 0.15) is 117 Å². The van der Waals surface area contributed by atoms with Crippen LogP contribution < -0.4 is 0 Å². The van der Waals surface area contributed by atoms with E-state index in [-0.39, 0.29) is 36.0 Å². The number of phenols is 1. The number of carbonyl (C=O) groups excluding carboxylic acids is 5.